The number of rotatable bonds is 4. The summed E-state index contributed by atoms with van der Waals surface area (Å²) in [6.07, 6.45) is 10.5. The number of hydrogen-bond acceptors (Lipinski definition) is 2. The summed E-state index contributed by atoms with van der Waals surface area (Å²) in [4.78, 5) is 4.17. The van der Waals surface area contributed by atoms with E-state index in [-0.39, 0.29) is 0 Å². The molecule has 3 heteroatoms. The number of anilines is 1. The topological polar surface area (TPSA) is 24.9 Å². The first-order valence-electron chi connectivity index (χ1n) is 6.08. The maximum Gasteiger partial charge on any atom is 0.0538 e. The molecule has 0 atom stereocenters. The molecule has 1 heterocycles. The Hall–Kier alpha value is -0.570. The number of aromatic nitrogens is 1. The maximum absolute atomic E-state index is 4.17. The van der Waals surface area contributed by atoms with Crippen molar-refractivity contribution in [1.82, 2.24) is 4.98 Å². The highest BCUT2D eigenvalue weighted by Crippen LogP contribution is 2.40. The van der Waals surface area contributed by atoms with Gasteiger partial charge in [-0.2, -0.15) is 0 Å². The first-order valence-corrected chi connectivity index (χ1v) is 6.88. The fraction of sp³-hybridized carbons (Fsp3) is 0.615. The van der Waals surface area contributed by atoms with E-state index in [4.69, 9.17) is 0 Å². The van der Waals surface area contributed by atoms with E-state index in [0.29, 0.717) is 5.41 Å². The first-order chi connectivity index (χ1) is 7.74. The molecule has 1 saturated carbocycles. The highest BCUT2D eigenvalue weighted by molar-refractivity contribution is 9.10. The minimum absolute atomic E-state index is 0.530. The van der Waals surface area contributed by atoms with Gasteiger partial charge in [-0.05, 0) is 46.7 Å². The van der Waals surface area contributed by atoms with Crippen LogP contribution < -0.4 is 5.32 Å². The molecule has 1 N–H and O–H groups in total. The molecular formula is C13H19BrN2. The molecule has 0 amide bonds. The van der Waals surface area contributed by atoms with E-state index in [1.54, 1.807) is 0 Å². The summed E-state index contributed by atoms with van der Waals surface area (Å²) in [5.41, 5.74) is 1.65. The summed E-state index contributed by atoms with van der Waals surface area (Å²) in [7, 11) is 0. The first kappa shape index (κ1) is 11.9. The fourth-order valence-corrected chi connectivity index (χ4v) is 2.94. The van der Waals surface area contributed by atoms with Gasteiger partial charge in [-0.25, -0.2) is 0 Å². The second kappa shape index (κ2) is 5.17. The minimum atomic E-state index is 0.530. The van der Waals surface area contributed by atoms with Crippen LogP contribution in [0.2, 0.25) is 0 Å². The van der Waals surface area contributed by atoms with Crippen molar-refractivity contribution in [1.29, 1.82) is 0 Å². The molecule has 0 spiro atoms. The lowest BCUT2D eigenvalue weighted by atomic mass is 9.83. The molecule has 0 aromatic carbocycles. The molecule has 1 aromatic heterocycles. The van der Waals surface area contributed by atoms with Gasteiger partial charge < -0.3 is 5.32 Å². The van der Waals surface area contributed by atoms with Gasteiger partial charge in [0.15, 0.2) is 0 Å². The Morgan fingerprint density at radius 1 is 1.38 bits per heavy atom. The third-order valence-electron chi connectivity index (χ3n) is 3.79. The lowest BCUT2D eigenvalue weighted by Gasteiger charge is -2.28. The van der Waals surface area contributed by atoms with E-state index in [1.165, 1.54) is 32.1 Å². The van der Waals surface area contributed by atoms with Crippen LogP contribution in [-0.4, -0.2) is 11.5 Å². The van der Waals surface area contributed by atoms with E-state index in [9.17, 15) is 0 Å². The number of nitrogens with zero attached hydrogens (tertiary/aromatic N) is 1. The molecule has 0 aliphatic heterocycles. The number of pyridine rings is 1. The lowest BCUT2D eigenvalue weighted by molar-refractivity contribution is 0.307. The van der Waals surface area contributed by atoms with Crippen molar-refractivity contribution >= 4 is 21.6 Å². The molecule has 1 aromatic rings. The van der Waals surface area contributed by atoms with Crippen LogP contribution in [0.4, 0.5) is 5.69 Å². The number of halogens is 1. The van der Waals surface area contributed by atoms with Gasteiger partial charge >= 0.3 is 0 Å². The lowest BCUT2D eigenvalue weighted by Crippen LogP contribution is -2.25. The summed E-state index contributed by atoms with van der Waals surface area (Å²) in [6, 6.07) is 2.09. The van der Waals surface area contributed by atoms with Gasteiger partial charge in [-0.1, -0.05) is 19.8 Å². The van der Waals surface area contributed by atoms with Crippen LogP contribution in [0, 0.1) is 5.41 Å². The molecule has 0 bridgehead atoms. The largest absolute Gasteiger partial charge is 0.383 e. The van der Waals surface area contributed by atoms with Crippen LogP contribution in [-0.2, 0) is 0 Å². The molecule has 1 fully saturated rings. The van der Waals surface area contributed by atoms with Crippen LogP contribution in [0.25, 0.3) is 0 Å². The molecule has 0 unspecified atom stereocenters. The Bertz CT molecular complexity index is 346. The van der Waals surface area contributed by atoms with Crippen LogP contribution in [0.1, 0.15) is 39.0 Å². The zero-order valence-electron chi connectivity index (χ0n) is 9.80. The van der Waals surface area contributed by atoms with Gasteiger partial charge in [0.05, 0.1) is 11.9 Å². The van der Waals surface area contributed by atoms with E-state index in [2.05, 4.69) is 39.2 Å². The molecule has 88 valence electrons. The summed E-state index contributed by atoms with van der Waals surface area (Å²) < 4.78 is 1.04. The third kappa shape index (κ3) is 2.76. The normalized spacial score (nSPS) is 18.6. The predicted octanol–water partition coefficient (Wildman–Crippen LogP) is 4.23. The zero-order chi connectivity index (χ0) is 11.4. The summed E-state index contributed by atoms with van der Waals surface area (Å²) in [5.74, 6) is 0. The van der Waals surface area contributed by atoms with Crippen molar-refractivity contribution in [2.45, 2.75) is 39.0 Å². The van der Waals surface area contributed by atoms with Gasteiger partial charge in [-0.3, -0.25) is 4.98 Å². The van der Waals surface area contributed by atoms with Crippen molar-refractivity contribution in [2.75, 3.05) is 11.9 Å². The van der Waals surface area contributed by atoms with Crippen molar-refractivity contribution in [3.63, 3.8) is 0 Å². The number of nitrogens with one attached hydrogen (secondary N) is 1. The monoisotopic (exact) mass is 282 g/mol. The molecule has 16 heavy (non-hydrogen) atoms. The summed E-state index contributed by atoms with van der Waals surface area (Å²) in [6.45, 7) is 3.40. The average Bonchev–Trinajstić information content (AvgIpc) is 2.76. The SMILES string of the molecule is CCC1(CNc2cncc(Br)c2)CCCC1. The molecular weight excluding hydrogens is 264 g/mol. The van der Waals surface area contributed by atoms with Crippen LogP contribution in [0.5, 0.6) is 0 Å². The van der Waals surface area contributed by atoms with Gasteiger partial charge in [-0.15, -0.1) is 0 Å². The van der Waals surface area contributed by atoms with E-state index in [1.807, 2.05) is 12.4 Å². The summed E-state index contributed by atoms with van der Waals surface area (Å²) >= 11 is 3.44. The summed E-state index contributed by atoms with van der Waals surface area (Å²) in [5, 5.41) is 3.53. The van der Waals surface area contributed by atoms with E-state index < -0.39 is 0 Å². The zero-order valence-corrected chi connectivity index (χ0v) is 11.4. The molecule has 0 saturated heterocycles. The maximum atomic E-state index is 4.17. The Morgan fingerprint density at radius 3 is 2.75 bits per heavy atom. The molecule has 1 aliphatic carbocycles. The highest BCUT2D eigenvalue weighted by Gasteiger charge is 2.31. The van der Waals surface area contributed by atoms with Crippen LogP contribution >= 0.6 is 15.9 Å². The Kier molecular flexibility index (Phi) is 3.85. The van der Waals surface area contributed by atoms with Gasteiger partial charge in [0.25, 0.3) is 0 Å². The minimum Gasteiger partial charge on any atom is -0.383 e. The fourth-order valence-electron chi connectivity index (χ4n) is 2.58. The molecule has 2 nitrogen and oxygen atoms in total. The van der Waals surface area contributed by atoms with Crippen molar-refractivity contribution < 1.29 is 0 Å². The third-order valence-corrected chi connectivity index (χ3v) is 4.22. The highest BCUT2D eigenvalue weighted by atomic mass is 79.9. The molecule has 1 aliphatic rings. The van der Waals surface area contributed by atoms with E-state index >= 15 is 0 Å². The van der Waals surface area contributed by atoms with Gasteiger partial charge in [0, 0.05) is 17.2 Å². The van der Waals surface area contributed by atoms with E-state index in [0.717, 1.165) is 16.7 Å². The molecule has 0 radical (unpaired) electrons. The van der Waals surface area contributed by atoms with Crippen LogP contribution in [0.15, 0.2) is 22.9 Å². The second-order valence-electron chi connectivity index (χ2n) is 4.81. The predicted molar refractivity (Wildman–Crippen MR) is 71.6 cm³/mol. The quantitative estimate of drug-likeness (QED) is 0.894. The Labute approximate surface area is 106 Å². The smallest absolute Gasteiger partial charge is 0.0538 e. The number of hydrogen-bond donors (Lipinski definition) is 1. The second-order valence-corrected chi connectivity index (χ2v) is 5.72. The van der Waals surface area contributed by atoms with Crippen LogP contribution in [0.3, 0.4) is 0 Å². The van der Waals surface area contributed by atoms with Crippen molar-refractivity contribution in [3.8, 4) is 0 Å². The van der Waals surface area contributed by atoms with Gasteiger partial charge in [0.1, 0.15) is 0 Å². The van der Waals surface area contributed by atoms with Crippen molar-refractivity contribution in [2.24, 2.45) is 5.41 Å². The average molecular weight is 283 g/mol. The Morgan fingerprint density at radius 2 is 2.12 bits per heavy atom. The van der Waals surface area contributed by atoms with Gasteiger partial charge in [0.2, 0.25) is 0 Å². The van der Waals surface area contributed by atoms with Crippen molar-refractivity contribution in [3.05, 3.63) is 22.9 Å². The Balaban J connectivity index is 1.95. The molecule has 2 rings (SSSR count). The standard InChI is InChI=1S/C13H19BrN2/c1-2-13(5-3-4-6-13)10-16-12-7-11(14)8-15-9-12/h7-9,16H,2-6,10H2,1H3.